The first-order chi connectivity index (χ1) is 10.0. The third-order valence-electron chi connectivity index (χ3n) is 2.92. The summed E-state index contributed by atoms with van der Waals surface area (Å²) < 4.78 is 11.2. The smallest absolute Gasteiger partial charge is 0.141 e. The predicted molar refractivity (Wildman–Crippen MR) is 82.4 cm³/mol. The second kappa shape index (κ2) is 6.26. The van der Waals surface area contributed by atoms with Crippen molar-refractivity contribution in [2.75, 3.05) is 6.61 Å². The number of aryl methyl sites for hydroxylation is 2. The molecule has 5 heteroatoms. The van der Waals surface area contributed by atoms with Crippen LogP contribution in [0.5, 0.6) is 17.2 Å². The molecule has 0 aliphatic rings. The summed E-state index contributed by atoms with van der Waals surface area (Å²) in [6, 6.07) is 9.10. The SMILES string of the molecule is CCOc1ccc(Oc2cc(C)nc(C)c2C(=N)N)cc1. The number of hydrogen-bond donors (Lipinski definition) is 2. The van der Waals surface area contributed by atoms with Gasteiger partial charge in [0.25, 0.3) is 0 Å². The lowest BCUT2D eigenvalue weighted by Crippen LogP contribution is -2.15. The van der Waals surface area contributed by atoms with Crippen LogP contribution in [-0.2, 0) is 0 Å². The average Bonchev–Trinajstić information content (AvgIpc) is 2.40. The highest BCUT2D eigenvalue weighted by Crippen LogP contribution is 2.28. The summed E-state index contributed by atoms with van der Waals surface area (Å²) in [5.41, 5.74) is 7.65. The number of aromatic nitrogens is 1. The maximum absolute atomic E-state index is 7.68. The van der Waals surface area contributed by atoms with Crippen molar-refractivity contribution in [1.82, 2.24) is 4.98 Å². The third-order valence-corrected chi connectivity index (χ3v) is 2.92. The molecular formula is C16H19N3O2. The summed E-state index contributed by atoms with van der Waals surface area (Å²) in [7, 11) is 0. The van der Waals surface area contributed by atoms with E-state index in [1.54, 1.807) is 6.07 Å². The Morgan fingerprint density at radius 1 is 1.19 bits per heavy atom. The van der Waals surface area contributed by atoms with E-state index in [0.29, 0.717) is 29.4 Å². The molecule has 0 saturated heterocycles. The molecule has 1 aromatic carbocycles. The number of hydrogen-bond acceptors (Lipinski definition) is 4. The Bertz CT molecular complexity index is 651. The van der Waals surface area contributed by atoms with E-state index in [-0.39, 0.29) is 5.84 Å². The molecule has 21 heavy (non-hydrogen) atoms. The average molecular weight is 285 g/mol. The highest BCUT2D eigenvalue weighted by molar-refractivity contribution is 5.98. The van der Waals surface area contributed by atoms with Gasteiger partial charge < -0.3 is 15.2 Å². The molecule has 1 aromatic heterocycles. The molecule has 0 bridgehead atoms. The van der Waals surface area contributed by atoms with Gasteiger partial charge in [-0.05, 0) is 45.0 Å². The molecule has 0 aliphatic heterocycles. The summed E-state index contributed by atoms with van der Waals surface area (Å²) >= 11 is 0. The molecule has 0 atom stereocenters. The number of nitrogen functional groups attached to an aromatic ring is 1. The number of nitrogens with zero attached hydrogens (tertiary/aromatic N) is 1. The van der Waals surface area contributed by atoms with Crippen molar-refractivity contribution in [2.45, 2.75) is 20.8 Å². The van der Waals surface area contributed by atoms with Crippen molar-refractivity contribution in [3.05, 3.63) is 47.3 Å². The maximum Gasteiger partial charge on any atom is 0.141 e. The Morgan fingerprint density at radius 2 is 1.81 bits per heavy atom. The number of benzene rings is 1. The fraction of sp³-hybridized carbons (Fsp3) is 0.250. The molecule has 110 valence electrons. The minimum absolute atomic E-state index is 0.0547. The molecule has 0 fully saturated rings. The van der Waals surface area contributed by atoms with E-state index in [1.165, 1.54) is 0 Å². The highest BCUT2D eigenvalue weighted by atomic mass is 16.5. The predicted octanol–water partition coefficient (Wildman–Crippen LogP) is 3.17. The quantitative estimate of drug-likeness (QED) is 0.653. The fourth-order valence-corrected chi connectivity index (χ4v) is 2.10. The van der Waals surface area contributed by atoms with E-state index in [1.807, 2.05) is 45.0 Å². The van der Waals surface area contributed by atoms with Crippen molar-refractivity contribution in [1.29, 1.82) is 5.41 Å². The van der Waals surface area contributed by atoms with Crippen molar-refractivity contribution in [2.24, 2.45) is 5.73 Å². The molecule has 0 radical (unpaired) electrons. The summed E-state index contributed by atoms with van der Waals surface area (Å²) in [4.78, 5) is 4.31. The van der Waals surface area contributed by atoms with Gasteiger partial charge in [-0.2, -0.15) is 0 Å². The standard InChI is InChI=1S/C16H19N3O2/c1-4-20-12-5-7-13(8-6-12)21-14-9-10(2)19-11(3)15(14)16(17)18/h5-9H,4H2,1-3H3,(H3,17,18). The van der Waals surface area contributed by atoms with Crippen molar-refractivity contribution < 1.29 is 9.47 Å². The van der Waals surface area contributed by atoms with Gasteiger partial charge in [-0.15, -0.1) is 0 Å². The molecule has 5 nitrogen and oxygen atoms in total. The van der Waals surface area contributed by atoms with Gasteiger partial charge in [-0.25, -0.2) is 0 Å². The molecule has 0 saturated carbocycles. The lowest BCUT2D eigenvalue weighted by molar-refractivity contribution is 0.339. The minimum Gasteiger partial charge on any atom is -0.494 e. The topological polar surface area (TPSA) is 81.2 Å². The number of amidine groups is 1. The van der Waals surface area contributed by atoms with Crippen LogP contribution >= 0.6 is 0 Å². The van der Waals surface area contributed by atoms with Gasteiger partial charge in [-0.3, -0.25) is 10.4 Å². The number of pyridine rings is 1. The molecule has 0 spiro atoms. The van der Waals surface area contributed by atoms with Crippen molar-refractivity contribution >= 4 is 5.84 Å². The number of rotatable bonds is 5. The van der Waals surface area contributed by atoms with Gasteiger partial charge in [0.15, 0.2) is 0 Å². The van der Waals surface area contributed by atoms with Crippen LogP contribution in [0.1, 0.15) is 23.9 Å². The Balaban J connectivity index is 2.32. The van der Waals surface area contributed by atoms with Crippen LogP contribution in [0.25, 0.3) is 0 Å². The van der Waals surface area contributed by atoms with Gasteiger partial charge >= 0.3 is 0 Å². The Kier molecular flexibility index (Phi) is 4.42. The van der Waals surface area contributed by atoms with E-state index in [0.717, 1.165) is 11.4 Å². The van der Waals surface area contributed by atoms with Crippen LogP contribution < -0.4 is 15.2 Å². The molecule has 2 aromatic rings. The number of nitrogens with two attached hydrogens (primary N) is 1. The van der Waals surface area contributed by atoms with Crippen molar-refractivity contribution in [3.8, 4) is 17.2 Å². The van der Waals surface area contributed by atoms with Crippen molar-refractivity contribution in [3.63, 3.8) is 0 Å². The van der Waals surface area contributed by atoms with Crippen LogP contribution in [0.15, 0.2) is 30.3 Å². The first-order valence-corrected chi connectivity index (χ1v) is 6.74. The van der Waals surface area contributed by atoms with Gasteiger partial charge in [0.05, 0.1) is 17.9 Å². The van der Waals surface area contributed by atoms with Gasteiger partial charge in [0.1, 0.15) is 23.1 Å². The van der Waals surface area contributed by atoms with Crippen LogP contribution in [0.2, 0.25) is 0 Å². The Labute approximate surface area is 124 Å². The zero-order valence-corrected chi connectivity index (χ0v) is 12.4. The van der Waals surface area contributed by atoms with Gasteiger partial charge in [0, 0.05) is 11.8 Å². The molecule has 3 N–H and O–H groups in total. The molecule has 2 rings (SSSR count). The Morgan fingerprint density at radius 3 is 2.38 bits per heavy atom. The second-order valence-electron chi connectivity index (χ2n) is 4.64. The van der Waals surface area contributed by atoms with Crippen LogP contribution in [-0.4, -0.2) is 17.4 Å². The first kappa shape index (κ1) is 14.8. The lowest BCUT2D eigenvalue weighted by atomic mass is 10.1. The summed E-state index contributed by atoms with van der Waals surface area (Å²) in [6.45, 7) is 6.25. The van der Waals surface area contributed by atoms with E-state index in [9.17, 15) is 0 Å². The number of ether oxygens (including phenoxy) is 2. The van der Waals surface area contributed by atoms with E-state index in [2.05, 4.69) is 4.98 Å². The summed E-state index contributed by atoms with van der Waals surface area (Å²) in [5, 5.41) is 7.68. The van der Waals surface area contributed by atoms with Crippen LogP contribution in [0.4, 0.5) is 0 Å². The maximum atomic E-state index is 7.68. The molecule has 1 heterocycles. The zero-order chi connectivity index (χ0) is 15.4. The van der Waals surface area contributed by atoms with Crippen LogP contribution in [0, 0.1) is 19.3 Å². The first-order valence-electron chi connectivity index (χ1n) is 6.74. The van der Waals surface area contributed by atoms with Crippen LogP contribution in [0.3, 0.4) is 0 Å². The van der Waals surface area contributed by atoms with Gasteiger partial charge in [-0.1, -0.05) is 0 Å². The van der Waals surface area contributed by atoms with E-state index in [4.69, 9.17) is 20.6 Å². The summed E-state index contributed by atoms with van der Waals surface area (Å²) in [5.74, 6) is 1.93. The zero-order valence-electron chi connectivity index (χ0n) is 12.4. The van der Waals surface area contributed by atoms with E-state index < -0.39 is 0 Å². The number of nitrogens with one attached hydrogen (secondary N) is 1. The molecular weight excluding hydrogens is 266 g/mol. The Hall–Kier alpha value is -2.56. The second-order valence-corrected chi connectivity index (χ2v) is 4.64. The molecule has 0 unspecified atom stereocenters. The monoisotopic (exact) mass is 285 g/mol. The molecule has 0 amide bonds. The fourth-order valence-electron chi connectivity index (χ4n) is 2.10. The van der Waals surface area contributed by atoms with Gasteiger partial charge in [0.2, 0.25) is 0 Å². The summed E-state index contributed by atoms with van der Waals surface area (Å²) in [6.07, 6.45) is 0. The third kappa shape index (κ3) is 3.51. The molecule has 0 aliphatic carbocycles. The lowest BCUT2D eigenvalue weighted by Gasteiger charge is -2.13. The largest absolute Gasteiger partial charge is 0.494 e. The minimum atomic E-state index is -0.0547. The van der Waals surface area contributed by atoms with E-state index >= 15 is 0 Å². The highest BCUT2D eigenvalue weighted by Gasteiger charge is 2.13. The normalized spacial score (nSPS) is 10.2.